The second-order valence-corrected chi connectivity index (χ2v) is 5.82. The fraction of sp³-hybridized carbons (Fsp3) is 0.176. The van der Waals surface area contributed by atoms with Crippen molar-refractivity contribution in [2.75, 3.05) is 0 Å². The van der Waals surface area contributed by atoms with Crippen LogP contribution in [0.1, 0.15) is 24.2 Å². The third-order valence-electron chi connectivity index (χ3n) is 3.37. The zero-order chi connectivity index (χ0) is 14.8. The van der Waals surface area contributed by atoms with Crippen molar-refractivity contribution in [3.05, 3.63) is 64.8 Å². The van der Waals surface area contributed by atoms with E-state index >= 15 is 0 Å². The Labute approximate surface area is 126 Å². The van der Waals surface area contributed by atoms with Crippen molar-refractivity contribution in [2.24, 2.45) is 0 Å². The number of thiophene rings is 1. The van der Waals surface area contributed by atoms with E-state index in [1.54, 1.807) is 24.3 Å². The lowest BCUT2D eigenvalue weighted by molar-refractivity contribution is 0.190. The van der Waals surface area contributed by atoms with Crippen molar-refractivity contribution in [3.8, 4) is 5.75 Å². The summed E-state index contributed by atoms with van der Waals surface area (Å²) in [6, 6.07) is 12.3. The van der Waals surface area contributed by atoms with Gasteiger partial charge in [0.1, 0.15) is 18.2 Å². The molecule has 2 aromatic carbocycles. The summed E-state index contributed by atoms with van der Waals surface area (Å²) in [5.74, 6) is 0.0184. The van der Waals surface area contributed by atoms with Gasteiger partial charge in [-0.15, -0.1) is 11.3 Å². The van der Waals surface area contributed by atoms with Crippen molar-refractivity contribution in [1.82, 2.24) is 0 Å². The first kappa shape index (κ1) is 14.0. The highest BCUT2D eigenvalue weighted by Gasteiger charge is 2.11. The highest BCUT2D eigenvalue weighted by atomic mass is 32.1. The average molecular weight is 302 g/mol. The van der Waals surface area contributed by atoms with Crippen molar-refractivity contribution < 1.29 is 14.2 Å². The number of hydrogen-bond donors (Lipinski definition) is 1. The summed E-state index contributed by atoms with van der Waals surface area (Å²) in [7, 11) is 0. The van der Waals surface area contributed by atoms with Gasteiger partial charge in [0.2, 0.25) is 0 Å². The van der Waals surface area contributed by atoms with Gasteiger partial charge < -0.3 is 9.84 Å². The lowest BCUT2D eigenvalue weighted by Crippen LogP contribution is -2.01. The Morgan fingerprint density at radius 3 is 2.86 bits per heavy atom. The number of fused-ring (bicyclic) bond motifs is 1. The minimum absolute atomic E-state index is 0.354. The fourth-order valence-corrected chi connectivity index (χ4v) is 3.23. The minimum atomic E-state index is -0.695. The molecule has 0 bridgehead atoms. The van der Waals surface area contributed by atoms with Crippen molar-refractivity contribution in [2.45, 2.75) is 19.6 Å². The van der Waals surface area contributed by atoms with Crippen LogP contribution >= 0.6 is 11.3 Å². The molecule has 0 spiro atoms. The lowest BCUT2D eigenvalue weighted by atomic mass is 10.1. The van der Waals surface area contributed by atoms with Crippen LogP contribution in [0, 0.1) is 5.82 Å². The van der Waals surface area contributed by atoms with Gasteiger partial charge in [-0.1, -0.05) is 18.2 Å². The molecule has 0 saturated heterocycles. The summed E-state index contributed by atoms with van der Waals surface area (Å²) in [5, 5.41) is 12.9. The van der Waals surface area contributed by atoms with Gasteiger partial charge in [-0.05, 0) is 35.9 Å². The van der Waals surface area contributed by atoms with Gasteiger partial charge in [-0.25, -0.2) is 4.39 Å². The molecular formula is C17H15FO2S. The third kappa shape index (κ3) is 2.91. The Morgan fingerprint density at radius 2 is 2.05 bits per heavy atom. The maximum absolute atomic E-state index is 13.4. The molecule has 1 aromatic heterocycles. The fourth-order valence-electron chi connectivity index (χ4n) is 2.28. The van der Waals surface area contributed by atoms with Crippen LogP contribution in [-0.4, -0.2) is 5.11 Å². The molecule has 1 unspecified atom stereocenters. The molecule has 2 nitrogen and oxygen atoms in total. The van der Waals surface area contributed by atoms with Gasteiger partial charge in [0.15, 0.2) is 0 Å². The highest BCUT2D eigenvalue weighted by Crippen LogP contribution is 2.30. The molecule has 108 valence electrons. The van der Waals surface area contributed by atoms with E-state index in [0.717, 1.165) is 10.9 Å². The zero-order valence-electron chi connectivity index (χ0n) is 11.5. The Morgan fingerprint density at radius 1 is 1.24 bits per heavy atom. The first-order chi connectivity index (χ1) is 10.1. The largest absolute Gasteiger partial charge is 0.488 e. The topological polar surface area (TPSA) is 29.5 Å². The molecule has 1 N–H and O–H groups in total. The van der Waals surface area contributed by atoms with Crippen LogP contribution in [0.2, 0.25) is 0 Å². The van der Waals surface area contributed by atoms with Crippen LogP contribution in [0.5, 0.6) is 5.75 Å². The van der Waals surface area contributed by atoms with Gasteiger partial charge in [0, 0.05) is 21.9 Å². The van der Waals surface area contributed by atoms with E-state index in [1.165, 1.54) is 16.8 Å². The van der Waals surface area contributed by atoms with E-state index in [1.807, 2.05) is 23.6 Å². The number of benzene rings is 2. The van der Waals surface area contributed by atoms with E-state index < -0.39 is 6.10 Å². The highest BCUT2D eigenvalue weighted by molar-refractivity contribution is 7.17. The van der Waals surface area contributed by atoms with E-state index in [0.29, 0.717) is 17.9 Å². The molecule has 0 aliphatic heterocycles. The lowest BCUT2D eigenvalue weighted by Gasteiger charge is -2.13. The Hall–Kier alpha value is -1.91. The third-order valence-corrected chi connectivity index (χ3v) is 4.38. The first-order valence-corrected chi connectivity index (χ1v) is 7.58. The summed E-state index contributed by atoms with van der Waals surface area (Å²) in [4.78, 5) is 0. The number of hydrogen-bond acceptors (Lipinski definition) is 3. The summed E-state index contributed by atoms with van der Waals surface area (Å²) in [6.07, 6.45) is -0.695. The molecule has 4 heteroatoms. The van der Waals surface area contributed by atoms with E-state index in [2.05, 4.69) is 6.07 Å². The van der Waals surface area contributed by atoms with E-state index in [-0.39, 0.29) is 5.82 Å². The number of aliphatic hydroxyl groups is 1. The van der Waals surface area contributed by atoms with Gasteiger partial charge in [0.25, 0.3) is 0 Å². The van der Waals surface area contributed by atoms with Crippen LogP contribution in [0.3, 0.4) is 0 Å². The van der Waals surface area contributed by atoms with Gasteiger partial charge >= 0.3 is 0 Å². The number of ether oxygens (including phenoxy) is 1. The second-order valence-electron chi connectivity index (χ2n) is 4.90. The minimum Gasteiger partial charge on any atom is -0.488 e. The van der Waals surface area contributed by atoms with Crippen LogP contribution in [-0.2, 0) is 6.61 Å². The summed E-state index contributed by atoms with van der Waals surface area (Å²) < 4.78 is 20.3. The van der Waals surface area contributed by atoms with E-state index in [4.69, 9.17) is 4.74 Å². The van der Waals surface area contributed by atoms with Crippen molar-refractivity contribution in [3.63, 3.8) is 0 Å². The first-order valence-electron chi connectivity index (χ1n) is 6.70. The van der Waals surface area contributed by atoms with Crippen LogP contribution in [0.15, 0.2) is 47.8 Å². The molecule has 1 heterocycles. The summed E-state index contributed by atoms with van der Waals surface area (Å²) >= 11 is 1.66. The number of aliphatic hydroxyl groups excluding tert-OH is 1. The smallest absolute Gasteiger partial charge is 0.128 e. The van der Waals surface area contributed by atoms with Crippen LogP contribution < -0.4 is 4.74 Å². The number of halogens is 1. The maximum Gasteiger partial charge on any atom is 0.128 e. The molecule has 0 saturated carbocycles. The molecule has 3 aromatic rings. The van der Waals surface area contributed by atoms with Crippen LogP contribution in [0.25, 0.3) is 10.1 Å². The Balaban J connectivity index is 1.86. The second kappa shape index (κ2) is 5.84. The molecule has 21 heavy (non-hydrogen) atoms. The molecular weight excluding hydrogens is 287 g/mol. The standard InChI is InChI=1S/C17H15FO2S/c1-11(19)14-7-6-13(18)8-16(14)20-9-12-10-21-17-5-3-2-4-15(12)17/h2-8,10-11,19H,9H2,1H3. The van der Waals surface area contributed by atoms with Gasteiger partial charge in [0.05, 0.1) is 6.10 Å². The molecule has 0 radical (unpaired) electrons. The van der Waals surface area contributed by atoms with E-state index in [9.17, 15) is 9.50 Å². The molecule has 0 amide bonds. The monoisotopic (exact) mass is 302 g/mol. The normalized spacial score (nSPS) is 12.5. The zero-order valence-corrected chi connectivity index (χ0v) is 12.4. The van der Waals surface area contributed by atoms with Crippen molar-refractivity contribution >= 4 is 21.4 Å². The quantitative estimate of drug-likeness (QED) is 0.758. The Kier molecular flexibility index (Phi) is 3.90. The SMILES string of the molecule is CC(O)c1ccc(F)cc1OCc1csc2ccccc12. The summed E-state index contributed by atoms with van der Waals surface area (Å²) in [5.41, 5.74) is 1.66. The van der Waals surface area contributed by atoms with Gasteiger partial charge in [-0.2, -0.15) is 0 Å². The molecule has 3 rings (SSSR count). The molecule has 0 fully saturated rings. The number of rotatable bonds is 4. The van der Waals surface area contributed by atoms with Crippen molar-refractivity contribution in [1.29, 1.82) is 0 Å². The molecule has 0 aliphatic carbocycles. The summed E-state index contributed by atoms with van der Waals surface area (Å²) in [6.45, 7) is 1.99. The Bertz CT molecular complexity index is 764. The molecule has 1 atom stereocenters. The van der Waals surface area contributed by atoms with Crippen LogP contribution in [0.4, 0.5) is 4.39 Å². The maximum atomic E-state index is 13.4. The predicted octanol–water partition coefficient (Wildman–Crippen LogP) is 4.67. The molecule has 0 aliphatic rings. The van der Waals surface area contributed by atoms with Gasteiger partial charge in [-0.3, -0.25) is 0 Å². The predicted molar refractivity (Wildman–Crippen MR) is 83.2 cm³/mol. The average Bonchev–Trinajstić information content (AvgIpc) is 2.88.